The third-order valence-corrected chi connectivity index (χ3v) is 6.90. The van der Waals surface area contributed by atoms with E-state index in [2.05, 4.69) is 34.3 Å². The molecule has 8 heteroatoms. The van der Waals surface area contributed by atoms with Crippen molar-refractivity contribution in [1.29, 1.82) is 0 Å². The van der Waals surface area contributed by atoms with E-state index < -0.39 is 20.1 Å². The zero-order valence-electron chi connectivity index (χ0n) is 20.6. The molecule has 0 amide bonds. The van der Waals surface area contributed by atoms with Gasteiger partial charge in [0.2, 0.25) is 6.29 Å². The zero-order chi connectivity index (χ0) is 23.5. The molecule has 0 aliphatic heterocycles. The van der Waals surface area contributed by atoms with Crippen molar-refractivity contribution in [1.82, 2.24) is 0 Å². The van der Waals surface area contributed by atoms with E-state index in [1.54, 1.807) is 0 Å². The van der Waals surface area contributed by atoms with E-state index in [0.29, 0.717) is 19.6 Å². The second-order valence-electron chi connectivity index (χ2n) is 8.19. The number of hydrogen-bond donors (Lipinski definition) is 0. The molecule has 186 valence electrons. The van der Waals surface area contributed by atoms with Crippen molar-refractivity contribution in [2.75, 3.05) is 13.2 Å². The number of ether oxygens (including phenoxy) is 1. The van der Waals surface area contributed by atoms with Gasteiger partial charge in [-0.25, -0.2) is 13.9 Å². The molecule has 0 rings (SSSR count). The van der Waals surface area contributed by atoms with Crippen LogP contribution in [0.3, 0.4) is 0 Å². The number of phosphoric acid groups is 1. The summed E-state index contributed by atoms with van der Waals surface area (Å²) in [4.78, 5) is 11.7. The maximum absolute atomic E-state index is 13.6. The van der Waals surface area contributed by atoms with Gasteiger partial charge >= 0.3 is 32.7 Å². The summed E-state index contributed by atoms with van der Waals surface area (Å²) in [7, 11) is -3.89. The number of carbonyl (C=O) groups excluding carboxylic acids is 1. The Labute approximate surface area is 209 Å². The predicted molar refractivity (Wildman–Crippen MR) is 134 cm³/mol. The van der Waals surface area contributed by atoms with Crippen LogP contribution >= 0.6 is 7.82 Å². The van der Waals surface area contributed by atoms with Crippen LogP contribution in [0.2, 0.25) is 0 Å². The summed E-state index contributed by atoms with van der Waals surface area (Å²) in [5, 5.41) is 0. The molecule has 3 atom stereocenters. The summed E-state index contributed by atoms with van der Waals surface area (Å²) < 4.78 is 36.2. The summed E-state index contributed by atoms with van der Waals surface area (Å²) in [5.41, 5.74) is 0. The normalized spacial score (nSPS) is 15.8. The molecular formula is C24H48LiO6P. The van der Waals surface area contributed by atoms with Gasteiger partial charge in [-0.2, -0.15) is 0 Å². The second kappa shape index (κ2) is 21.5. The van der Waals surface area contributed by atoms with Crippen LogP contribution in [-0.2, 0) is 27.7 Å². The van der Waals surface area contributed by atoms with Crippen LogP contribution in [0.5, 0.6) is 0 Å². The Morgan fingerprint density at radius 3 is 1.66 bits per heavy atom. The van der Waals surface area contributed by atoms with Crippen LogP contribution in [0.4, 0.5) is 0 Å². The molecule has 0 saturated heterocycles. The van der Waals surface area contributed by atoms with Crippen LogP contribution in [0.15, 0.2) is 12.7 Å². The van der Waals surface area contributed by atoms with E-state index in [1.807, 2.05) is 6.92 Å². The number of unbranched alkanes of at least 4 members (excludes halogenated alkanes) is 3. The van der Waals surface area contributed by atoms with E-state index in [-0.39, 0.29) is 30.7 Å². The summed E-state index contributed by atoms with van der Waals surface area (Å²) in [6, 6.07) is 0. The Morgan fingerprint density at radius 2 is 1.28 bits per heavy atom. The van der Waals surface area contributed by atoms with Crippen molar-refractivity contribution in [2.45, 2.75) is 112 Å². The van der Waals surface area contributed by atoms with Gasteiger partial charge in [0, 0.05) is 12.5 Å². The summed E-state index contributed by atoms with van der Waals surface area (Å²) in [6.45, 7) is 14.6. The molecule has 0 aliphatic carbocycles. The molecule has 0 N–H and O–H groups in total. The third kappa shape index (κ3) is 16.5. The first-order chi connectivity index (χ1) is 14.9. The molecule has 0 spiro atoms. The van der Waals surface area contributed by atoms with Crippen molar-refractivity contribution in [3.8, 4) is 0 Å². The topological polar surface area (TPSA) is 71.1 Å². The van der Waals surface area contributed by atoms with Gasteiger partial charge in [-0.05, 0) is 31.1 Å². The molecule has 0 radical (unpaired) electrons. The molecular weight excluding hydrogens is 422 g/mol. The fourth-order valence-electron chi connectivity index (χ4n) is 3.11. The van der Waals surface area contributed by atoms with Gasteiger partial charge < -0.3 is 4.74 Å². The number of carbonyl (C=O) groups is 1. The van der Waals surface area contributed by atoms with Crippen LogP contribution in [0.25, 0.3) is 0 Å². The first-order valence-electron chi connectivity index (χ1n) is 12.3. The Morgan fingerprint density at radius 1 is 0.844 bits per heavy atom. The molecule has 0 aliphatic rings. The molecule has 0 saturated carbocycles. The van der Waals surface area contributed by atoms with Gasteiger partial charge in [-0.15, -0.1) is 0 Å². The molecule has 0 heterocycles. The first kappa shape index (κ1) is 34.1. The van der Waals surface area contributed by atoms with Gasteiger partial charge in [0.05, 0.1) is 13.2 Å². The molecule has 0 aromatic carbocycles. The molecule has 32 heavy (non-hydrogen) atoms. The Balaban J connectivity index is 0. The molecule has 0 aromatic rings. The van der Waals surface area contributed by atoms with Crippen molar-refractivity contribution >= 4 is 32.7 Å². The van der Waals surface area contributed by atoms with Crippen molar-refractivity contribution < 1.29 is 27.7 Å². The summed E-state index contributed by atoms with van der Waals surface area (Å²) in [5.74, 6) is -0.0453. The van der Waals surface area contributed by atoms with E-state index >= 15 is 0 Å². The fraction of sp³-hybridized carbons (Fsp3) is 0.875. The average Bonchev–Trinajstić information content (AvgIpc) is 2.77. The van der Waals surface area contributed by atoms with E-state index in [1.165, 1.54) is 0 Å². The Kier molecular flexibility index (Phi) is 22.8. The van der Waals surface area contributed by atoms with Crippen molar-refractivity contribution in [2.24, 2.45) is 11.8 Å². The number of hydrogen-bond acceptors (Lipinski definition) is 6. The van der Waals surface area contributed by atoms with Gasteiger partial charge in [0.15, 0.2) is 0 Å². The van der Waals surface area contributed by atoms with E-state index in [9.17, 15) is 9.36 Å². The Bertz CT molecular complexity index is 493. The van der Waals surface area contributed by atoms with Gasteiger partial charge in [-0.3, -0.25) is 9.05 Å². The zero-order valence-corrected chi connectivity index (χ0v) is 21.5. The molecule has 6 nitrogen and oxygen atoms in total. The van der Waals surface area contributed by atoms with Gasteiger partial charge in [-0.1, -0.05) is 86.1 Å². The quantitative estimate of drug-likeness (QED) is 0.0582. The van der Waals surface area contributed by atoms with Crippen molar-refractivity contribution in [3.63, 3.8) is 0 Å². The molecule has 0 fully saturated rings. The molecule has 0 bridgehead atoms. The van der Waals surface area contributed by atoms with Crippen LogP contribution < -0.4 is 0 Å². The van der Waals surface area contributed by atoms with Gasteiger partial charge in [0.1, 0.15) is 0 Å². The second-order valence-corrected chi connectivity index (χ2v) is 9.81. The minimum absolute atomic E-state index is 0. The first-order valence-corrected chi connectivity index (χ1v) is 13.7. The standard InChI is InChI=1S/C24H47O6P.Li.H/c1-7-13-16-21(10-4)19-27-31(26,28-20-22(11-5)17-14-8-2)30-24(18-15-9-3)29-23(25)12-6;;/h12,21-22,24H,6-11,13-20H2,1-5H3;;. The van der Waals surface area contributed by atoms with Crippen LogP contribution in [-0.4, -0.2) is 44.3 Å². The van der Waals surface area contributed by atoms with E-state index in [0.717, 1.165) is 70.3 Å². The Hall–Kier alpha value is -0.0826. The predicted octanol–water partition coefficient (Wildman–Crippen LogP) is 7.17. The maximum atomic E-state index is 13.6. The monoisotopic (exact) mass is 470 g/mol. The minimum atomic E-state index is -3.89. The van der Waals surface area contributed by atoms with Gasteiger partial charge in [0.25, 0.3) is 0 Å². The average molecular weight is 471 g/mol. The summed E-state index contributed by atoms with van der Waals surface area (Å²) in [6.07, 6.45) is 10.4. The SMILES string of the molecule is C=CC(=O)OC(CCCC)OP(=O)(OCC(CC)CCCC)OCC(CC)CCCC.[LiH]. The number of phosphoric ester groups is 1. The number of esters is 1. The molecule has 0 aromatic heterocycles. The fourth-order valence-corrected chi connectivity index (χ4v) is 4.53. The van der Waals surface area contributed by atoms with Crippen molar-refractivity contribution in [3.05, 3.63) is 12.7 Å². The summed E-state index contributed by atoms with van der Waals surface area (Å²) >= 11 is 0. The third-order valence-electron chi connectivity index (χ3n) is 5.48. The number of rotatable bonds is 21. The van der Waals surface area contributed by atoms with Crippen LogP contribution in [0, 0.1) is 11.8 Å². The van der Waals surface area contributed by atoms with E-state index in [4.69, 9.17) is 18.3 Å². The molecule has 3 unspecified atom stereocenters. The van der Waals surface area contributed by atoms with Crippen LogP contribution in [0.1, 0.15) is 105 Å².